The molecule has 94 valence electrons. The summed E-state index contributed by atoms with van der Waals surface area (Å²) in [5.74, 6) is 0.755. The van der Waals surface area contributed by atoms with Gasteiger partial charge >= 0.3 is 0 Å². The second kappa shape index (κ2) is 5.37. The van der Waals surface area contributed by atoms with E-state index in [1.54, 1.807) is 0 Å². The number of hydrogen-bond donors (Lipinski definition) is 0. The van der Waals surface area contributed by atoms with Gasteiger partial charge in [-0.2, -0.15) is 0 Å². The van der Waals surface area contributed by atoms with Crippen molar-refractivity contribution in [1.82, 2.24) is 9.97 Å². The van der Waals surface area contributed by atoms with Gasteiger partial charge in [0.2, 0.25) is 0 Å². The summed E-state index contributed by atoms with van der Waals surface area (Å²) in [7, 11) is 0. The summed E-state index contributed by atoms with van der Waals surface area (Å²) in [5, 5.41) is 0.474. The zero-order valence-corrected chi connectivity index (χ0v) is 12.9. The normalized spacial score (nSPS) is 10.7. The van der Waals surface area contributed by atoms with Crippen LogP contribution >= 0.6 is 27.5 Å². The van der Waals surface area contributed by atoms with E-state index in [0.717, 1.165) is 16.0 Å². The van der Waals surface area contributed by atoms with Crippen LogP contribution in [0, 0.1) is 20.8 Å². The fourth-order valence-corrected chi connectivity index (χ4v) is 2.42. The molecule has 0 unspecified atom stereocenters. The van der Waals surface area contributed by atoms with E-state index in [4.69, 9.17) is 11.6 Å². The summed E-state index contributed by atoms with van der Waals surface area (Å²) in [4.78, 5) is 8.74. The molecule has 0 aliphatic heterocycles. The minimum atomic E-state index is 0.474. The molecule has 2 nitrogen and oxygen atoms in total. The molecule has 0 N–H and O–H groups in total. The maximum atomic E-state index is 6.05. The van der Waals surface area contributed by atoms with Gasteiger partial charge in [0, 0.05) is 6.42 Å². The van der Waals surface area contributed by atoms with Crippen molar-refractivity contribution in [1.29, 1.82) is 0 Å². The van der Waals surface area contributed by atoms with E-state index >= 15 is 0 Å². The van der Waals surface area contributed by atoms with Crippen LogP contribution in [0.4, 0.5) is 0 Å². The fraction of sp³-hybridized carbons (Fsp3) is 0.286. The van der Waals surface area contributed by atoms with E-state index in [1.165, 1.54) is 16.7 Å². The Morgan fingerprint density at radius 1 is 1.06 bits per heavy atom. The quantitative estimate of drug-likeness (QED) is 0.764. The molecule has 0 saturated carbocycles. The Balaban J connectivity index is 2.34. The second-order valence-electron chi connectivity index (χ2n) is 4.50. The summed E-state index contributed by atoms with van der Waals surface area (Å²) in [5.41, 5.74) is 4.59. The highest BCUT2D eigenvalue weighted by Gasteiger charge is 2.08. The first-order valence-electron chi connectivity index (χ1n) is 5.71. The Kier molecular flexibility index (Phi) is 4.03. The zero-order chi connectivity index (χ0) is 13.3. The Morgan fingerprint density at radius 2 is 1.67 bits per heavy atom. The SMILES string of the molecule is Cc1cc(C)cc(Cc2nc(C)c(Br)c(Cl)n2)c1. The molecule has 0 amide bonds. The van der Waals surface area contributed by atoms with Crippen molar-refractivity contribution in [2.24, 2.45) is 0 Å². The zero-order valence-electron chi connectivity index (χ0n) is 10.6. The van der Waals surface area contributed by atoms with Gasteiger partial charge in [-0.15, -0.1) is 0 Å². The molecule has 1 aromatic heterocycles. The third kappa shape index (κ3) is 3.09. The summed E-state index contributed by atoms with van der Waals surface area (Å²) >= 11 is 9.41. The molecule has 4 heteroatoms. The topological polar surface area (TPSA) is 25.8 Å². The van der Waals surface area contributed by atoms with E-state index in [0.29, 0.717) is 11.6 Å². The lowest BCUT2D eigenvalue weighted by Crippen LogP contribution is -2.00. The molecular formula is C14H14BrClN2. The van der Waals surface area contributed by atoms with Crippen molar-refractivity contribution < 1.29 is 0 Å². The van der Waals surface area contributed by atoms with Crippen molar-refractivity contribution in [2.45, 2.75) is 27.2 Å². The van der Waals surface area contributed by atoms with Gasteiger partial charge in [0.1, 0.15) is 11.0 Å². The Hall–Kier alpha value is -0.930. The molecule has 0 fully saturated rings. The van der Waals surface area contributed by atoms with E-state index in [2.05, 4.69) is 57.9 Å². The summed E-state index contributed by atoms with van der Waals surface area (Å²) in [6, 6.07) is 6.47. The molecule has 2 rings (SSSR count). The number of aryl methyl sites for hydroxylation is 3. The highest BCUT2D eigenvalue weighted by atomic mass is 79.9. The predicted molar refractivity (Wildman–Crippen MR) is 78.2 cm³/mol. The molecule has 1 heterocycles. The van der Waals surface area contributed by atoms with Crippen molar-refractivity contribution in [3.63, 3.8) is 0 Å². The molecule has 0 radical (unpaired) electrons. The molecular weight excluding hydrogens is 312 g/mol. The molecule has 0 saturated heterocycles. The molecule has 0 atom stereocenters. The lowest BCUT2D eigenvalue weighted by Gasteiger charge is -2.07. The maximum absolute atomic E-state index is 6.05. The van der Waals surface area contributed by atoms with Crippen LogP contribution in [-0.4, -0.2) is 9.97 Å². The highest BCUT2D eigenvalue weighted by molar-refractivity contribution is 9.10. The smallest absolute Gasteiger partial charge is 0.147 e. The van der Waals surface area contributed by atoms with Gasteiger partial charge in [0.15, 0.2) is 0 Å². The Labute approximate surface area is 121 Å². The number of halogens is 2. The minimum absolute atomic E-state index is 0.474. The van der Waals surface area contributed by atoms with Gasteiger partial charge in [-0.25, -0.2) is 9.97 Å². The molecule has 0 aliphatic carbocycles. The number of aromatic nitrogens is 2. The third-order valence-corrected chi connectivity index (χ3v) is 4.12. The number of benzene rings is 1. The summed E-state index contributed by atoms with van der Waals surface area (Å²) < 4.78 is 0.772. The molecule has 0 spiro atoms. The standard InChI is InChI=1S/C14H14BrClN2/c1-8-4-9(2)6-11(5-8)7-12-17-10(3)13(15)14(16)18-12/h4-6H,7H2,1-3H3. The first-order valence-corrected chi connectivity index (χ1v) is 6.88. The van der Waals surface area contributed by atoms with Crippen LogP contribution in [0.2, 0.25) is 5.15 Å². The van der Waals surface area contributed by atoms with Crippen LogP contribution < -0.4 is 0 Å². The predicted octanol–water partition coefficient (Wildman–Crippen LogP) is 4.41. The second-order valence-corrected chi connectivity index (χ2v) is 5.65. The van der Waals surface area contributed by atoms with Crippen molar-refractivity contribution in [3.8, 4) is 0 Å². The van der Waals surface area contributed by atoms with Gasteiger partial charge < -0.3 is 0 Å². The molecule has 18 heavy (non-hydrogen) atoms. The molecule has 0 aliphatic rings. The number of nitrogens with zero attached hydrogens (tertiary/aromatic N) is 2. The van der Waals surface area contributed by atoms with Crippen molar-refractivity contribution in [2.75, 3.05) is 0 Å². The lowest BCUT2D eigenvalue weighted by atomic mass is 10.0. The van der Waals surface area contributed by atoms with E-state index < -0.39 is 0 Å². The van der Waals surface area contributed by atoms with E-state index in [-0.39, 0.29) is 0 Å². The first kappa shape index (κ1) is 13.5. The average molecular weight is 326 g/mol. The highest BCUT2D eigenvalue weighted by Crippen LogP contribution is 2.23. The van der Waals surface area contributed by atoms with Crippen LogP contribution in [0.25, 0.3) is 0 Å². The minimum Gasteiger partial charge on any atom is -0.237 e. The van der Waals surface area contributed by atoms with Crippen LogP contribution in [0.3, 0.4) is 0 Å². The van der Waals surface area contributed by atoms with Crippen molar-refractivity contribution >= 4 is 27.5 Å². The van der Waals surface area contributed by atoms with Gasteiger partial charge in [0.05, 0.1) is 10.2 Å². The van der Waals surface area contributed by atoms with E-state index in [9.17, 15) is 0 Å². The van der Waals surface area contributed by atoms with Crippen LogP contribution in [0.1, 0.15) is 28.2 Å². The third-order valence-electron chi connectivity index (χ3n) is 2.67. The molecule has 2 aromatic rings. The monoisotopic (exact) mass is 324 g/mol. The Morgan fingerprint density at radius 3 is 2.22 bits per heavy atom. The van der Waals surface area contributed by atoms with Crippen LogP contribution in [0.15, 0.2) is 22.7 Å². The molecule has 0 bridgehead atoms. The van der Waals surface area contributed by atoms with Gasteiger partial charge in [-0.05, 0) is 42.3 Å². The number of rotatable bonds is 2. The summed E-state index contributed by atoms with van der Waals surface area (Å²) in [6.07, 6.45) is 0.705. The molecule has 1 aromatic carbocycles. The van der Waals surface area contributed by atoms with Gasteiger partial charge in [0.25, 0.3) is 0 Å². The van der Waals surface area contributed by atoms with Gasteiger partial charge in [-0.1, -0.05) is 40.9 Å². The Bertz CT molecular complexity index is 553. The van der Waals surface area contributed by atoms with Crippen LogP contribution in [0.5, 0.6) is 0 Å². The maximum Gasteiger partial charge on any atom is 0.147 e. The van der Waals surface area contributed by atoms with Gasteiger partial charge in [-0.3, -0.25) is 0 Å². The van der Waals surface area contributed by atoms with Crippen LogP contribution in [-0.2, 0) is 6.42 Å². The van der Waals surface area contributed by atoms with Crippen molar-refractivity contribution in [3.05, 3.63) is 56.0 Å². The lowest BCUT2D eigenvalue weighted by molar-refractivity contribution is 0.932. The fourth-order valence-electron chi connectivity index (χ4n) is 2.01. The van der Waals surface area contributed by atoms with E-state index in [1.807, 2.05) is 6.92 Å². The average Bonchev–Trinajstić information content (AvgIpc) is 2.24. The largest absolute Gasteiger partial charge is 0.237 e. The first-order chi connectivity index (χ1) is 8.45. The summed E-state index contributed by atoms with van der Waals surface area (Å²) in [6.45, 7) is 6.11. The number of hydrogen-bond acceptors (Lipinski definition) is 2.